The summed E-state index contributed by atoms with van der Waals surface area (Å²) in [6.07, 6.45) is 1.97. The largest absolute Gasteiger partial charge is 0.494 e. The number of nitrogens with one attached hydrogen (secondary N) is 2. The van der Waals surface area contributed by atoms with E-state index in [2.05, 4.69) is 22.5 Å². The van der Waals surface area contributed by atoms with Gasteiger partial charge in [0.1, 0.15) is 5.75 Å². The number of rotatable bonds is 8. The van der Waals surface area contributed by atoms with Crippen molar-refractivity contribution in [2.24, 2.45) is 0 Å². The van der Waals surface area contributed by atoms with E-state index in [1.54, 1.807) is 36.4 Å². The summed E-state index contributed by atoms with van der Waals surface area (Å²) < 4.78 is 32.8. The van der Waals surface area contributed by atoms with Crippen molar-refractivity contribution in [1.82, 2.24) is 14.5 Å². The van der Waals surface area contributed by atoms with Crippen LogP contribution in [0.3, 0.4) is 0 Å². The number of anilines is 1. The average Bonchev–Trinajstić information content (AvgIpc) is 2.80. The lowest BCUT2D eigenvalue weighted by Crippen LogP contribution is -2.46. The number of carbonyl (C=O) groups excluding carboxylic acids is 1. The molecule has 8 nitrogen and oxygen atoms in total. The summed E-state index contributed by atoms with van der Waals surface area (Å²) in [5, 5.41) is 5.67. The number of thiocarbonyl (C=S) groups is 1. The molecule has 1 amide bonds. The van der Waals surface area contributed by atoms with Crippen LogP contribution in [0.25, 0.3) is 0 Å². The van der Waals surface area contributed by atoms with Crippen molar-refractivity contribution in [3.63, 3.8) is 0 Å². The minimum atomic E-state index is -3.53. The molecule has 1 saturated heterocycles. The van der Waals surface area contributed by atoms with E-state index in [1.807, 2.05) is 7.05 Å². The fourth-order valence-corrected chi connectivity index (χ4v) is 4.92. The lowest BCUT2D eigenvalue weighted by molar-refractivity contribution is 0.0977. The molecule has 0 bridgehead atoms. The fourth-order valence-electron chi connectivity index (χ4n) is 3.29. The number of hydrogen-bond donors (Lipinski definition) is 2. The first-order valence-corrected chi connectivity index (χ1v) is 12.8. The molecule has 2 aromatic rings. The van der Waals surface area contributed by atoms with Crippen molar-refractivity contribution in [3.8, 4) is 5.75 Å². The second kappa shape index (κ2) is 11.6. The lowest BCUT2D eigenvalue weighted by atomic mass is 10.2. The average molecular weight is 491 g/mol. The zero-order chi connectivity index (χ0) is 23.8. The molecule has 0 unspecified atom stereocenters. The quantitative estimate of drug-likeness (QED) is 0.434. The van der Waals surface area contributed by atoms with Crippen molar-refractivity contribution in [2.45, 2.75) is 24.7 Å². The van der Waals surface area contributed by atoms with Gasteiger partial charge in [0, 0.05) is 37.4 Å². The molecular formula is C23H30N4O4S2. The van der Waals surface area contributed by atoms with Crippen molar-refractivity contribution in [2.75, 3.05) is 45.2 Å². The number of sulfonamides is 1. The third kappa shape index (κ3) is 6.97. The van der Waals surface area contributed by atoms with Gasteiger partial charge in [0.05, 0.1) is 11.5 Å². The predicted octanol–water partition coefficient (Wildman–Crippen LogP) is 2.93. The van der Waals surface area contributed by atoms with Crippen molar-refractivity contribution in [3.05, 3.63) is 54.1 Å². The molecule has 1 fully saturated rings. The Bertz CT molecular complexity index is 1070. The van der Waals surface area contributed by atoms with Gasteiger partial charge in [-0.1, -0.05) is 19.4 Å². The van der Waals surface area contributed by atoms with E-state index in [1.165, 1.54) is 16.4 Å². The number of likely N-dealkylation sites (N-methyl/N-ethyl adjacent to an activating group) is 1. The minimum Gasteiger partial charge on any atom is -0.494 e. The second-order valence-electron chi connectivity index (χ2n) is 7.87. The maximum atomic E-state index is 12.8. The van der Waals surface area contributed by atoms with E-state index in [-0.39, 0.29) is 15.9 Å². The number of piperazine rings is 1. The molecule has 2 N–H and O–H groups in total. The van der Waals surface area contributed by atoms with Gasteiger partial charge in [0.2, 0.25) is 10.0 Å². The summed E-state index contributed by atoms with van der Waals surface area (Å²) in [6, 6.07) is 13.3. The first-order chi connectivity index (χ1) is 15.8. The van der Waals surface area contributed by atoms with Crippen LogP contribution in [-0.4, -0.2) is 68.5 Å². The van der Waals surface area contributed by atoms with Crippen molar-refractivity contribution >= 4 is 38.9 Å². The molecule has 178 valence electrons. The van der Waals surface area contributed by atoms with Crippen LogP contribution in [0.1, 0.15) is 30.1 Å². The van der Waals surface area contributed by atoms with Crippen LogP contribution in [0.15, 0.2) is 53.4 Å². The number of benzene rings is 2. The summed E-state index contributed by atoms with van der Waals surface area (Å²) >= 11 is 5.25. The number of unbranched alkanes of at least 4 members (excludes halogenated alkanes) is 1. The van der Waals surface area contributed by atoms with Gasteiger partial charge >= 0.3 is 0 Å². The first kappa shape index (κ1) is 25.1. The summed E-state index contributed by atoms with van der Waals surface area (Å²) in [4.78, 5) is 14.9. The number of hydrogen-bond acceptors (Lipinski definition) is 6. The highest BCUT2D eigenvalue weighted by atomic mass is 32.2. The van der Waals surface area contributed by atoms with E-state index in [0.717, 1.165) is 12.8 Å². The third-order valence-corrected chi connectivity index (χ3v) is 7.42. The summed E-state index contributed by atoms with van der Waals surface area (Å²) in [5.41, 5.74) is 1.01. The normalized spacial score (nSPS) is 15.1. The molecule has 2 aromatic carbocycles. The Labute approximate surface area is 201 Å². The van der Waals surface area contributed by atoms with Crippen LogP contribution in [-0.2, 0) is 10.0 Å². The van der Waals surface area contributed by atoms with Crippen LogP contribution in [0.5, 0.6) is 5.75 Å². The molecule has 1 aliphatic heterocycles. The van der Waals surface area contributed by atoms with Crippen molar-refractivity contribution in [1.29, 1.82) is 0 Å². The smallest absolute Gasteiger partial charge is 0.257 e. The van der Waals surface area contributed by atoms with Gasteiger partial charge in [0.25, 0.3) is 5.91 Å². The lowest BCUT2D eigenvalue weighted by Gasteiger charge is -2.31. The van der Waals surface area contributed by atoms with Gasteiger partial charge in [-0.05, 0) is 68.2 Å². The van der Waals surface area contributed by atoms with Gasteiger partial charge in [-0.25, -0.2) is 8.42 Å². The predicted molar refractivity (Wildman–Crippen MR) is 133 cm³/mol. The minimum absolute atomic E-state index is 0.118. The Morgan fingerprint density at radius 1 is 1.09 bits per heavy atom. The Morgan fingerprint density at radius 2 is 1.79 bits per heavy atom. The Morgan fingerprint density at radius 3 is 2.45 bits per heavy atom. The Kier molecular flexibility index (Phi) is 8.79. The molecule has 3 rings (SSSR count). The highest BCUT2D eigenvalue weighted by Gasteiger charge is 2.27. The molecule has 1 heterocycles. The molecule has 0 spiro atoms. The molecule has 10 heteroatoms. The fraction of sp³-hybridized carbons (Fsp3) is 0.391. The Balaban J connectivity index is 1.56. The van der Waals surface area contributed by atoms with Crippen LogP contribution in [0.4, 0.5) is 5.69 Å². The van der Waals surface area contributed by atoms with Crippen LogP contribution in [0.2, 0.25) is 0 Å². The monoisotopic (exact) mass is 490 g/mol. The number of carbonyl (C=O) groups is 1. The molecule has 0 aliphatic carbocycles. The van der Waals surface area contributed by atoms with E-state index in [0.29, 0.717) is 49.8 Å². The molecule has 1 aliphatic rings. The zero-order valence-electron chi connectivity index (χ0n) is 18.9. The molecule has 0 radical (unpaired) electrons. The van der Waals surface area contributed by atoms with E-state index >= 15 is 0 Å². The first-order valence-electron chi connectivity index (χ1n) is 10.9. The molecular weight excluding hydrogens is 460 g/mol. The van der Waals surface area contributed by atoms with Gasteiger partial charge in [-0.2, -0.15) is 4.31 Å². The molecule has 0 saturated carbocycles. The van der Waals surface area contributed by atoms with E-state index in [4.69, 9.17) is 17.0 Å². The number of nitrogens with zero attached hydrogens (tertiary/aromatic N) is 2. The van der Waals surface area contributed by atoms with Crippen LogP contribution < -0.4 is 15.4 Å². The maximum Gasteiger partial charge on any atom is 0.257 e. The second-order valence-corrected chi connectivity index (χ2v) is 10.2. The highest BCUT2D eigenvalue weighted by molar-refractivity contribution is 7.89. The van der Waals surface area contributed by atoms with E-state index < -0.39 is 10.0 Å². The molecule has 0 aromatic heterocycles. The topological polar surface area (TPSA) is 91.0 Å². The van der Waals surface area contributed by atoms with Crippen LogP contribution in [0, 0.1) is 0 Å². The summed E-state index contributed by atoms with van der Waals surface area (Å²) in [7, 11) is -1.56. The molecule has 0 atom stereocenters. The standard InChI is InChI=1S/C23H30N4O4S2/c1-3-4-16-31-20-7-5-6-18(17-20)22(28)25-23(32)24-19-8-10-21(11-9-19)33(29,30)27-14-12-26(2)13-15-27/h5-11,17H,3-4,12-16H2,1-2H3,(H2,24,25,28,32). The molecule has 33 heavy (non-hydrogen) atoms. The summed E-state index contributed by atoms with van der Waals surface area (Å²) in [5.74, 6) is 0.273. The number of ether oxygens (including phenoxy) is 1. The summed E-state index contributed by atoms with van der Waals surface area (Å²) in [6.45, 7) is 5.05. The Hall–Kier alpha value is -2.53. The van der Waals surface area contributed by atoms with Crippen LogP contribution >= 0.6 is 12.2 Å². The van der Waals surface area contributed by atoms with Gasteiger partial charge in [-0.15, -0.1) is 0 Å². The van der Waals surface area contributed by atoms with Crippen molar-refractivity contribution < 1.29 is 17.9 Å². The van der Waals surface area contributed by atoms with Gasteiger partial charge in [-0.3, -0.25) is 10.1 Å². The van der Waals surface area contributed by atoms with Gasteiger partial charge in [0.15, 0.2) is 5.11 Å². The number of amides is 1. The maximum absolute atomic E-state index is 12.8. The van der Waals surface area contributed by atoms with Gasteiger partial charge < -0.3 is 15.0 Å². The zero-order valence-corrected chi connectivity index (χ0v) is 20.5. The van der Waals surface area contributed by atoms with E-state index in [9.17, 15) is 13.2 Å². The SMILES string of the molecule is CCCCOc1cccc(C(=O)NC(=S)Nc2ccc(S(=O)(=O)N3CCN(C)CC3)cc2)c1. The third-order valence-electron chi connectivity index (χ3n) is 5.30. The highest BCUT2D eigenvalue weighted by Crippen LogP contribution is 2.20.